The fourth-order valence-corrected chi connectivity index (χ4v) is 1.54. The van der Waals surface area contributed by atoms with Gasteiger partial charge in [0.25, 0.3) is 0 Å². The van der Waals surface area contributed by atoms with Crippen molar-refractivity contribution in [3.05, 3.63) is 54.1 Å². The number of methoxy groups -OCH3 is 1. The molecule has 0 bridgehead atoms. The van der Waals surface area contributed by atoms with Crippen LogP contribution in [0.15, 0.2) is 42.9 Å². The van der Waals surface area contributed by atoms with Gasteiger partial charge < -0.3 is 4.74 Å². The van der Waals surface area contributed by atoms with Gasteiger partial charge in [-0.2, -0.15) is 0 Å². The van der Waals surface area contributed by atoms with Crippen LogP contribution in [0, 0.1) is 0 Å². The van der Waals surface area contributed by atoms with E-state index in [-0.39, 0.29) is 12.2 Å². The highest BCUT2D eigenvalue weighted by molar-refractivity contribution is 5.98. The van der Waals surface area contributed by atoms with Gasteiger partial charge in [-0.05, 0) is 23.8 Å². The third-order valence-electron chi connectivity index (χ3n) is 2.34. The lowest BCUT2D eigenvalue weighted by molar-refractivity contribution is 0.0985. The predicted molar refractivity (Wildman–Crippen MR) is 63.1 cm³/mol. The number of hydrogen-bond donors (Lipinski definition) is 0. The summed E-state index contributed by atoms with van der Waals surface area (Å²) >= 11 is 0. The Kier molecular flexibility index (Phi) is 3.45. The van der Waals surface area contributed by atoms with Gasteiger partial charge in [0.2, 0.25) is 0 Å². The van der Waals surface area contributed by atoms with Crippen molar-refractivity contribution in [1.29, 1.82) is 0 Å². The molecule has 2 rings (SSSR count). The molecule has 0 saturated heterocycles. The average Bonchev–Trinajstić information content (AvgIpc) is 2.40. The maximum Gasteiger partial charge on any atom is 0.189 e. The highest BCUT2D eigenvalue weighted by Gasteiger charge is 2.13. The molecule has 0 N–H and O–H groups in total. The Morgan fingerprint density at radius 2 is 2.12 bits per heavy atom. The number of carbonyl (C=O) groups is 1. The standard InChI is InChI=1S/C13H12N2O2/c1-17-12-5-3-7-15-13(12)11(16)8-10-4-2-6-14-9-10/h2-7,9H,8H2,1H3. The van der Waals surface area contributed by atoms with Crippen LogP contribution in [0.4, 0.5) is 0 Å². The second kappa shape index (κ2) is 5.21. The molecule has 86 valence electrons. The summed E-state index contributed by atoms with van der Waals surface area (Å²) in [7, 11) is 1.53. The van der Waals surface area contributed by atoms with Gasteiger partial charge >= 0.3 is 0 Å². The van der Waals surface area contributed by atoms with Crippen molar-refractivity contribution >= 4 is 5.78 Å². The fourth-order valence-electron chi connectivity index (χ4n) is 1.54. The number of ketones is 1. The zero-order chi connectivity index (χ0) is 12.1. The largest absolute Gasteiger partial charge is 0.494 e. The molecule has 0 atom stereocenters. The van der Waals surface area contributed by atoms with Crippen LogP contribution in [0.1, 0.15) is 16.1 Å². The third kappa shape index (κ3) is 2.66. The smallest absolute Gasteiger partial charge is 0.189 e. The summed E-state index contributed by atoms with van der Waals surface area (Å²) < 4.78 is 5.11. The lowest BCUT2D eigenvalue weighted by Crippen LogP contribution is -2.08. The lowest BCUT2D eigenvalue weighted by Gasteiger charge is -2.05. The fraction of sp³-hybridized carbons (Fsp3) is 0.154. The van der Waals surface area contributed by atoms with Crippen LogP contribution in [0.25, 0.3) is 0 Å². The van der Waals surface area contributed by atoms with E-state index in [4.69, 9.17) is 4.74 Å². The second-order valence-corrected chi connectivity index (χ2v) is 3.52. The van der Waals surface area contributed by atoms with Gasteiger partial charge in [0.05, 0.1) is 7.11 Å². The Morgan fingerprint density at radius 3 is 2.82 bits per heavy atom. The third-order valence-corrected chi connectivity index (χ3v) is 2.34. The summed E-state index contributed by atoms with van der Waals surface area (Å²) in [4.78, 5) is 20.0. The van der Waals surface area contributed by atoms with E-state index < -0.39 is 0 Å². The highest BCUT2D eigenvalue weighted by atomic mass is 16.5. The molecule has 0 spiro atoms. The minimum Gasteiger partial charge on any atom is -0.494 e. The molecule has 4 nitrogen and oxygen atoms in total. The number of hydrogen-bond acceptors (Lipinski definition) is 4. The maximum atomic E-state index is 12.0. The van der Waals surface area contributed by atoms with Crippen molar-refractivity contribution in [1.82, 2.24) is 9.97 Å². The van der Waals surface area contributed by atoms with Crippen LogP contribution >= 0.6 is 0 Å². The molecule has 0 aliphatic carbocycles. The zero-order valence-corrected chi connectivity index (χ0v) is 9.46. The summed E-state index contributed by atoms with van der Waals surface area (Å²) in [6, 6.07) is 7.13. The molecule has 0 amide bonds. The molecular formula is C13H12N2O2. The summed E-state index contributed by atoms with van der Waals surface area (Å²) in [5.74, 6) is 0.428. The van der Waals surface area contributed by atoms with Crippen LogP contribution in [-0.2, 0) is 6.42 Å². The van der Waals surface area contributed by atoms with Gasteiger partial charge in [-0.25, -0.2) is 4.98 Å². The minimum absolute atomic E-state index is 0.0737. The van der Waals surface area contributed by atoms with E-state index in [9.17, 15) is 4.79 Å². The molecule has 0 aliphatic heterocycles. The van der Waals surface area contributed by atoms with E-state index in [1.54, 1.807) is 36.8 Å². The van der Waals surface area contributed by atoms with Gasteiger partial charge in [0.1, 0.15) is 11.4 Å². The van der Waals surface area contributed by atoms with Crippen LogP contribution < -0.4 is 4.74 Å². The molecule has 0 aliphatic rings. The molecule has 0 saturated carbocycles. The first-order valence-corrected chi connectivity index (χ1v) is 5.22. The van der Waals surface area contributed by atoms with Gasteiger partial charge in [-0.15, -0.1) is 0 Å². The van der Waals surface area contributed by atoms with Crippen LogP contribution in [0.2, 0.25) is 0 Å². The quantitative estimate of drug-likeness (QED) is 0.750. The van der Waals surface area contributed by atoms with Crippen molar-refractivity contribution in [2.45, 2.75) is 6.42 Å². The molecular weight excluding hydrogens is 216 g/mol. The molecule has 0 radical (unpaired) electrons. The molecule has 2 aromatic heterocycles. The SMILES string of the molecule is COc1cccnc1C(=O)Cc1cccnc1. The van der Waals surface area contributed by atoms with Gasteiger partial charge in [0.15, 0.2) is 5.78 Å². The highest BCUT2D eigenvalue weighted by Crippen LogP contribution is 2.16. The maximum absolute atomic E-state index is 12.0. The van der Waals surface area contributed by atoms with Crippen molar-refractivity contribution in [2.24, 2.45) is 0 Å². The van der Waals surface area contributed by atoms with Crippen LogP contribution in [0.3, 0.4) is 0 Å². The molecule has 17 heavy (non-hydrogen) atoms. The number of Topliss-reactive ketones (excluding diaryl/α,β-unsaturated/α-hetero) is 1. The first-order chi connectivity index (χ1) is 8.31. The Balaban J connectivity index is 2.20. The Morgan fingerprint density at radius 1 is 1.29 bits per heavy atom. The second-order valence-electron chi connectivity index (χ2n) is 3.52. The first-order valence-electron chi connectivity index (χ1n) is 5.22. The number of carbonyl (C=O) groups excluding carboxylic acids is 1. The van der Waals surface area contributed by atoms with Crippen LogP contribution in [-0.4, -0.2) is 22.9 Å². The molecule has 2 heterocycles. The first kappa shape index (κ1) is 11.3. The molecule has 4 heteroatoms. The average molecular weight is 228 g/mol. The van der Waals surface area contributed by atoms with Crippen LogP contribution in [0.5, 0.6) is 5.75 Å². The summed E-state index contributed by atoms with van der Waals surface area (Å²) in [6.45, 7) is 0. The monoisotopic (exact) mass is 228 g/mol. The number of rotatable bonds is 4. The minimum atomic E-state index is -0.0737. The predicted octanol–water partition coefficient (Wildman–Crippen LogP) is 1.91. The van der Waals surface area contributed by atoms with E-state index in [2.05, 4.69) is 9.97 Å². The molecule has 2 aromatic rings. The Bertz CT molecular complexity index is 512. The topological polar surface area (TPSA) is 52.1 Å². The summed E-state index contributed by atoms with van der Waals surface area (Å²) in [6.07, 6.45) is 5.21. The summed E-state index contributed by atoms with van der Waals surface area (Å²) in [5, 5.41) is 0. The van der Waals surface area contributed by atoms with Crippen molar-refractivity contribution in [3.8, 4) is 5.75 Å². The number of aromatic nitrogens is 2. The van der Waals surface area contributed by atoms with Gasteiger partial charge in [-0.3, -0.25) is 9.78 Å². The van der Waals surface area contributed by atoms with E-state index >= 15 is 0 Å². The van der Waals surface area contributed by atoms with E-state index in [1.165, 1.54) is 7.11 Å². The number of ether oxygens (including phenoxy) is 1. The van der Waals surface area contributed by atoms with Crippen molar-refractivity contribution in [3.63, 3.8) is 0 Å². The Hall–Kier alpha value is -2.23. The van der Waals surface area contributed by atoms with E-state index in [0.29, 0.717) is 11.4 Å². The van der Waals surface area contributed by atoms with Gasteiger partial charge in [-0.1, -0.05) is 6.07 Å². The van der Waals surface area contributed by atoms with Crippen molar-refractivity contribution < 1.29 is 9.53 Å². The van der Waals surface area contributed by atoms with E-state index in [1.807, 2.05) is 6.07 Å². The number of nitrogens with zero attached hydrogens (tertiary/aromatic N) is 2. The Labute approximate surface area is 99.3 Å². The zero-order valence-electron chi connectivity index (χ0n) is 9.46. The van der Waals surface area contributed by atoms with Crippen molar-refractivity contribution in [2.75, 3.05) is 7.11 Å². The molecule has 0 unspecified atom stereocenters. The summed E-state index contributed by atoms with van der Waals surface area (Å²) in [5.41, 5.74) is 1.23. The van der Waals surface area contributed by atoms with E-state index in [0.717, 1.165) is 5.56 Å². The normalized spacial score (nSPS) is 9.94. The molecule has 0 fully saturated rings. The molecule has 0 aromatic carbocycles. The lowest BCUT2D eigenvalue weighted by atomic mass is 10.1. The van der Waals surface area contributed by atoms with Gasteiger partial charge in [0, 0.05) is 25.0 Å². The number of pyridine rings is 2.